The fourth-order valence-corrected chi connectivity index (χ4v) is 4.46. The van der Waals surface area contributed by atoms with Crippen molar-refractivity contribution in [2.75, 3.05) is 5.32 Å². The summed E-state index contributed by atoms with van der Waals surface area (Å²) >= 11 is 6.04. The number of anilines is 1. The van der Waals surface area contributed by atoms with E-state index < -0.39 is 10.0 Å². The highest BCUT2D eigenvalue weighted by Gasteiger charge is 2.28. The van der Waals surface area contributed by atoms with Crippen molar-refractivity contribution >= 4 is 33.2 Å². The zero-order valence-corrected chi connectivity index (χ0v) is 17.2. The zero-order chi connectivity index (χ0) is 20.6. The van der Waals surface area contributed by atoms with Crippen LogP contribution in [-0.2, 0) is 10.0 Å². The van der Waals surface area contributed by atoms with Crippen LogP contribution in [0.1, 0.15) is 28.9 Å². The molecule has 9 heteroatoms. The second kappa shape index (κ2) is 7.62. The molecule has 0 aliphatic heterocycles. The van der Waals surface area contributed by atoms with Gasteiger partial charge >= 0.3 is 0 Å². The van der Waals surface area contributed by atoms with Gasteiger partial charge in [0.2, 0.25) is 10.0 Å². The highest BCUT2D eigenvalue weighted by Crippen LogP contribution is 2.24. The number of nitrogens with one attached hydrogen (secondary N) is 2. The first-order chi connectivity index (χ1) is 13.8. The number of halogens is 1. The molecular formula is C20H19ClN4O3S. The van der Waals surface area contributed by atoms with Crippen molar-refractivity contribution in [2.45, 2.75) is 30.7 Å². The minimum Gasteiger partial charge on any atom is -0.322 e. The molecule has 1 fully saturated rings. The Balaban J connectivity index is 1.55. The van der Waals surface area contributed by atoms with E-state index in [2.05, 4.69) is 15.1 Å². The van der Waals surface area contributed by atoms with Crippen LogP contribution in [0, 0.1) is 6.92 Å². The molecule has 0 spiro atoms. The third-order valence-electron chi connectivity index (χ3n) is 4.61. The number of amides is 1. The van der Waals surface area contributed by atoms with E-state index in [4.69, 9.17) is 11.6 Å². The Morgan fingerprint density at radius 1 is 1.17 bits per heavy atom. The Labute approximate surface area is 173 Å². The molecule has 1 saturated carbocycles. The molecule has 1 aromatic heterocycles. The topological polar surface area (TPSA) is 93.1 Å². The van der Waals surface area contributed by atoms with E-state index in [0.717, 1.165) is 18.5 Å². The number of nitrogens with zero attached hydrogens (tertiary/aromatic N) is 2. The lowest BCUT2D eigenvalue weighted by Gasteiger charge is -2.09. The van der Waals surface area contributed by atoms with Gasteiger partial charge in [-0.3, -0.25) is 4.79 Å². The summed E-state index contributed by atoms with van der Waals surface area (Å²) in [6.07, 6.45) is 3.18. The highest BCUT2D eigenvalue weighted by molar-refractivity contribution is 7.89. The first-order valence-electron chi connectivity index (χ1n) is 9.08. The van der Waals surface area contributed by atoms with Gasteiger partial charge < -0.3 is 5.32 Å². The molecule has 2 aromatic carbocycles. The van der Waals surface area contributed by atoms with E-state index in [9.17, 15) is 13.2 Å². The van der Waals surface area contributed by atoms with Crippen LogP contribution >= 0.6 is 11.6 Å². The lowest BCUT2D eigenvalue weighted by atomic mass is 10.2. The second-order valence-electron chi connectivity index (χ2n) is 6.91. The maximum absolute atomic E-state index is 12.7. The third kappa shape index (κ3) is 4.34. The average molecular weight is 431 g/mol. The van der Waals surface area contributed by atoms with Crippen LogP contribution in [0.25, 0.3) is 5.69 Å². The summed E-state index contributed by atoms with van der Waals surface area (Å²) in [5.74, 6) is -0.375. The lowest BCUT2D eigenvalue weighted by molar-refractivity contribution is 0.102. The summed E-state index contributed by atoms with van der Waals surface area (Å²) in [7, 11) is -3.59. The van der Waals surface area contributed by atoms with Crippen LogP contribution in [0.2, 0.25) is 5.02 Å². The molecule has 1 aliphatic rings. The quantitative estimate of drug-likeness (QED) is 0.625. The van der Waals surface area contributed by atoms with Crippen molar-refractivity contribution in [3.8, 4) is 5.69 Å². The fraction of sp³-hybridized carbons (Fsp3) is 0.200. The van der Waals surface area contributed by atoms with E-state index in [1.165, 1.54) is 18.3 Å². The molecule has 0 radical (unpaired) electrons. The van der Waals surface area contributed by atoms with Crippen molar-refractivity contribution in [1.82, 2.24) is 14.5 Å². The number of hydrogen-bond donors (Lipinski definition) is 2. The number of carbonyl (C=O) groups excluding carboxylic acids is 1. The number of aromatic nitrogens is 2. The standard InChI is InChI=1S/C20H19ClN4O3S/c1-13-19(12-22-25(13)17-6-2-4-14(21)10-17)20(26)23-16-5-3-7-18(11-16)29(27,28)24-15-8-9-15/h2-7,10-12,15,24H,8-9H2,1H3,(H,23,26). The maximum atomic E-state index is 12.7. The Bertz CT molecular complexity index is 1190. The SMILES string of the molecule is Cc1c(C(=O)Nc2cccc(S(=O)(=O)NC3CC3)c2)cnn1-c1cccc(Cl)c1. The number of benzene rings is 2. The van der Waals surface area contributed by atoms with Crippen LogP contribution in [0.5, 0.6) is 0 Å². The Morgan fingerprint density at radius 3 is 2.66 bits per heavy atom. The fourth-order valence-electron chi connectivity index (χ4n) is 2.93. The molecule has 7 nitrogen and oxygen atoms in total. The number of sulfonamides is 1. The van der Waals surface area contributed by atoms with Gasteiger partial charge in [-0.05, 0) is 56.2 Å². The molecule has 1 amide bonds. The van der Waals surface area contributed by atoms with Crippen LogP contribution in [0.15, 0.2) is 59.6 Å². The molecule has 1 heterocycles. The Hall–Kier alpha value is -2.68. The number of rotatable bonds is 6. The molecule has 1 aliphatic carbocycles. The maximum Gasteiger partial charge on any atom is 0.259 e. The molecule has 0 bridgehead atoms. The molecule has 0 atom stereocenters. The van der Waals surface area contributed by atoms with Gasteiger partial charge in [0.25, 0.3) is 5.91 Å². The highest BCUT2D eigenvalue weighted by atomic mass is 35.5. The molecule has 4 rings (SSSR count). The first kappa shape index (κ1) is 19.6. The minimum absolute atomic E-state index is 0.0122. The molecule has 3 aromatic rings. The predicted octanol–water partition coefficient (Wildman–Crippen LogP) is 3.53. The molecule has 2 N–H and O–H groups in total. The number of hydrogen-bond acceptors (Lipinski definition) is 4. The third-order valence-corrected chi connectivity index (χ3v) is 6.36. The normalized spacial score (nSPS) is 14.0. The van der Waals surface area contributed by atoms with Gasteiger partial charge in [-0.1, -0.05) is 23.7 Å². The van der Waals surface area contributed by atoms with E-state index in [-0.39, 0.29) is 16.8 Å². The summed E-state index contributed by atoms with van der Waals surface area (Å²) in [4.78, 5) is 12.9. The largest absolute Gasteiger partial charge is 0.322 e. The Kier molecular flexibility index (Phi) is 5.16. The van der Waals surface area contributed by atoms with Gasteiger partial charge in [0.05, 0.1) is 28.0 Å². The van der Waals surface area contributed by atoms with Gasteiger partial charge in [0, 0.05) is 16.8 Å². The van der Waals surface area contributed by atoms with Crippen molar-refractivity contribution in [3.63, 3.8) is 0 Å². The van der Waals surface area contributed by atoms with E-state index in [0.29, 0.717) is 22.0 Å². The Morgan fingerprint density at radius 2 is 1.93 bits per heavy atom. The molecular weight excluding hydrogens is 412 g/mol. The van der Waals surface area contributed by atoms with Crippen molar-refractivity contribution in [1.29, 1.82) is 0 Å². The zero-order valence-electron chi connectivity index (χ0n) is 15.6. The molecule has 150 valence electrons. The van der Waals surface area contributed by atoms with Gasteiger partial charge in [0.1, 0.15) is 0 Å². The summed E-state index contributed by atoms with van der Waals surface area (Å²) in [5.41, 5.74) is 2.16. The van der Waals surface area contributed by atoms with E-state index >= 15 is 0 Å². The van der Waals surface area contributed by atoms with Crippen molar-refractivity contribution < 1.29 is 13.2 Å². The van der Waals surface area contributed by atoms with Crippen LogP contribution in [0.4, 0.5) is 5.69 Å². The minimum atomic E-state index is -3.59. The van der Waals surface area contributed by atoms with Gasteiger partial charge in [-0.2, -0.15) is 5.10 Å². The average Bonchev–Trinajstić information content (AvgIpc) is 3.39. The van der Waals surface area contributed by atoms with Gasteiger partial charge in [-0.25, -0.2) is 17.8 Å². The summed E-state index contributed by atoms with van der Waals surface area (Å²) < 4.78 is 29.0. The van der Waals surface area contributed by atoms with Crippen molar-refractivity contribution in [2.24, 2.45) is 0 Å². The summed E-state index contributed by atoms with van der Waals surface area (Å²) in [6.45, 7) is 1.78. The summed E-state index contributed by atoms with van der Waals surface area (Å²) in [5, 5.41) is 7.59. The molecule has 0 unspecified atom stereocenters. The lowest BCUT2D eigenvalue weighted by Crippen LogP contribution is -2.25. The van der Waals surface area contributed by atoms with E-state index in [1.807, 2.05) is 6.07 Å². The monoisotopic (exact) mass is 430 g/mol. The summed E-state index contributed by atoms with van der Waals surface area (Å²) in [6, 6.07) is 13.4. The second-order valence-corrected chi connectivity index (χ2v) is 9.06. The first-order valence-corrected chi connectivity index (χ1v) is 10.9. The van der Waals surface area contributed by atoms with Crippen LogP contribution < -0.4 is 10.0 Å². The smallest absolute Gasteiger partial charge is 0.259 e. The predicted molar refractivity (Wildman–Crippen MR) is 111 cm³/mol. The van der Waals surface area contributed by atoms with Gasteiger partial charge in [0.15, 0.2) is 0 Å². The molecule has 29 heavy (non-hydrogen) atoms. The van der Waals surface area contributed by atoms with Crippen molar-refractivity contribution in [3.05, 3.63) is 71.0 Å². The van der Waals surface area contributed by atoms with E-state index in [1.54, 1.807) is 41.9 Å². The van der Waals surface area contributed by atoms with Crippen LogP contribution in [0.3, 0.4) is 0 Å². The molecule has 0 saturated heterocycles. The van der Waals surface area contributed by atoms with Gasteiger partial charge in [-0.15, -0.1) is 0 Å². The number of carbonyl (C=O) groups is 1. The van der Waals surface area contributed by atoms with Crippen LogP contribution in [-0.4, -0.2) is 30.1 Å².